The standard InChI is InChI=1S/C48H76N4O22/c1-5-6-7-8-9-10-11-12-13-17-67-27-16-14-15-26(18-27)44(65)52-33-37(61)36(60)28(19-53)69-46(33)73-42-30(21-55)71-48(35(39(42)63)51-25(4)59)74-43-31(22-56)70-47(34(40(43)64)50-24(3)58)72-41-29(20-54)68-45(66)32(38(41)62)49-23(2)57/h10-11,14-16,18,28-43,45-48,53-56,60-64,66H,5-9,12-13,17,19-22H2,1-4H3,(H,49,57)(H,50,58)(H,51,59)(H,52,65)/b11-10-/t28?,29-,30-,31?,32?,33?,34?,35?,36+,37-,38?,39?,40-,41-,42-,43+,45?,46+,47+,48-/m1/s1. The Morgan fingerprint density at radius 3 is 1.47 bits per heavy atom. The van der Waals surface area contributed by atoms with Gasteiger partial charge in [0.1, 0.15) is 103 Å². The third-order valence-electron chi connectivity index (χ3n) is 13.0. The second-order valence-electron chi connectivity index (χ2n) is 18.7. The van der Waals surface area contributed by atoms with Gasteiger partial charge in [-0.2, -0.15) is 0 Å². The molecule has 0 spiro atoms. The van der Waals surface area contributed by atoms with Crippen molar-refractivity contribution in [2.75, 3.05) is 33.0 Å². The van der Waals surface area contributed by atoms with Crippen LogP contribution in [0.5, 0.6) is 5.75 Å². The van der Waals surface area contributed by atoms with Crippen molar-refractivity contribution < 1.29 is 108 Å². The van der Waals surface area contributed by atoms with Crippen molar-refractivity contribution >= 4 is 23.6 Å². The summed E-state index contributed by atoms with van der Waals surface area (Å²) in [6, 6.07) is -0.191. The van der Waals surface area contributed by atoms with Crippen LogP contribution < -0.4 is 26.0 Å². The summed E-state index contributed by atoms with van der Waals surface area (Å²) < 4.78 is 47.4. The third kappa shape index (κ3) is 16.0. The highest BCUT2D eigenvalue weighted by atomic mass is 16.8. The summed E-state index contributed by atoms with van der Waals surface area (Å²) in [7, 11) is 0. The van der Waals surface area contributed by atoms with Gasteiger partial charge in [-0.15, -0.1) is 0 Å². The molecule has 9 unspecified atom stereocenters. The first kappa shape index (κ1) is 60.8. The number of ether oxygens (including phenoxy) is 8. The van der Waals surface area contributed by atoms with Gasteiger partial charge in [0.05, 0.1) is 33.0 Å². The van der Waals surface area contributed by atoms with Crippen LogP contribution in [-0.2, 0) is 47.5 Å². The number of allylic oxidation sites excluding steroid dienone is 2. The van der Waals surface area contributed by atoms with Gasteiger partial charge in [0.25, 0.3) is 5.91 Å². The predicted molar refractivity (Wildman–Crippen MR) is 253 cm³/mol. The van der Waals surface area contributed by atoms with Crippen LogP contribution in [-0.4, -0.2) is 230 Å². The lowest BCUT2D eigenvalue weighted by atomic mass is 9.93. The predicted octanol–water partition coefficient (Wildman–Crippen LogP) is -4.19. The molecule has 4 saturated heterocycles. The molecule has 26 nitrogen and oxygen atoms in total. The summed E-state index contributed by atoms with van der Waals surface area (Å²) in [5.74, 6) is -2.58. The molecule has 0 bridgehead atoms. The van der Waals surface area contributed by atoms with E-state index < -0.39 is 173 Å². The molecule has 0 radical (unpaired) electrons. The van der Waals surface area contributed by atoms with Crippen molar-refractivity contribution in [3.63, 3.8) is 0 Å². The third-order valence-corrected chi connectivity index (χ3v) is 13.0. The van der Waals surface area contributed by atoms with Crippen LogP contribution in [0.25, 0.3) is 0 Å². The number of carbonyl (C=O) groups is 4. The fraction of sp³-hybridized carbons (Fsp3) is 0.750. The van der Waals surface area contributed by atoms with Gasteiger partial charge in [-0.1, -0.05) is 44.4 Å². The van der Waals surface area contributed by atoms with Crippen molar-refractivity contribution in [3.8, 4) is 5.75 Å². The second kappa shape index (κ2) is 29.5. The Balaban J connectivity index is 1.32. The SMILES string of the molecule is CCCCCC/C=C\CCCOc1cccc(C(=O)NC2[C@H](O[C@H]3C(O)C(NC(C)=O)[C@@H](O[C@H]4C(CO)O[C@@H](O[C@H]5C(O)C(NC(C)=O)C(O)O[C@@H]5CO)C(NC(C)=O)[C@H]4O)O[C@@H]3CO)OC(CO)[C@H](O)[C@@H]2O)c1. The number of aliphatic hydroxyl groups is 10. The maximum Gasteiger partial charge on any atom is 0.251 e. The number of hydrogen-bond donors (Lipinski definition) is 14. The van der Waals surface area contributed by atoms with Crippen LogP contribution in [0.2, 0.25) is 0 Å². The van der Waals surface area contributed by atoms with E-state index in [2.05, 4.69) is 40.3 Å². The molecule has 0 saturated carbocycles. The van der Waals surface area contributed by atoms with Gasteiger partial charge >= 0.3 is 0 Å². The van der Waals surface area contributed by atoms with E-state index in [1.807, 2.05) is 0 Å². The van der Waals surface area contributed by atoms with Gasteiger partial charge in [0.2, 0.25) is 17.7 Å². The summed E-state index contributed by atoms with van der Waals surface area (Å²) in [6.07, 6.45) is -16.1. The zero-order valence-corrected chi connectivity index (χ0v) is 41.9. The maximum atomic E-state index is 13.8. The monoisotopic (exact) mass is 1060 g/mol. The van der Waals surface area contributed by atoms with Gasteiger partial charge < -0.3 is 110 Å². The first-order valence-electron chi connectivity index (χ1n) is 25.0. The normalized spacial score (nSPS) is 36.5. The molecule has 20 atom stereocenters. The Hall–Kier alpha value is -4.04. The molecule has 4 fully saturated rings. The number of unbranched alkanes of at least 4 members (excludes halogenated alkanes) is 5. The van der Waals surface area contributed by atoms with Crippen molar-refractivity contribution in [1.82, 2.24) is 21.3 Å². The Kier molecular flexibility index (Phi) is 24.2. The molecule has 4 heterocycles. The second-order valence-corrected chi connectivity index (χ2v) is 18.7. The van der Waals surface area contributed by atoms with E-state index in [4.69, 9.17) is 37.9 Å². The van der Waals surface area contributed by atoms with Crippen LogP contribution in [0.3, 0.4) is 0 Å². The minimum absolute atomic E-state index is 0.0817. The highest BCUT2D eigenvalue weighted by Gasteiger charge is 2.56. The van der Waals surface area contributed by atoms with Crippen LogP contribution >= 0.6 is 0 Å². The van der Waals surface area contributed by atoms with Crippen LogP contribution in [0.4, 0.5) is 0 Å². The highest BCUT2D eigenvalue weighted by molar-refractivity contribution is 5.94. The Labute approximate surface area is 428 Å². The van der Waals surface area contributed by atoms with Gasteiger partial charge in [-0.3, -0.25) is 19.2 Å². The van der Waals surface area contributed by atoms with Gasteiger partial charge in [-0.25, -0.2) is 0 Å². The first-order valence-corrected chi connectivity index (χ1v) is 25.0. The van der Waals surface area contributed by atoms with Gasteiger partial charge in [-0.05, 0) is 43.9 Å². The quantitative estimate of drug-likeness (QED) is 0.0326. The number of rotatable bonds is 25. The Morgan fingerprint density at radius 1 is 0.541 bits per heavy atom. The van der Waals surface area contributed by atoms with E-state index >= 15 is 0 Å². The highest BCUT2D eigenvalue weighted by Crippen LogP contribution is 2.35. The molecule has 26 heteroatoms. The lowest BCUT2D eigenvalue weighted by molar-refractivity contribution is -0.361. The molecule has 74 heavy (non-hydrogen) atoms. The summed E-state index contributed by atoms with van der Waals surface area (Å²) >= 11 is 0. The minimum atomic E-state index is -1.94. The average Bonchev–Trinajstić information content (AvgIpc) is 3.36. The number of aliphatic hydroxyl groups excluding tert-OH is 10. The fourth-order valence-electron chi connectivity index (χ4n) is 9.21. The fourth-order valence-corrected chi connectivity index (χ4v) is 9.21. The van der Waals surface area contributed by atoms with Crippen LogP contribution in [0, 0.1) is 0 Å². The van der Waals surface area contributed by atoms with E-state index in [0.29, 0.717) is 12.4 Å². The topological polar surface area (TPSA) is 393 Å². The molecule has 420 valence electrons. The molecular weight excluding hydrogens is 985 g/mol. The number of hydrogen-bond acceptors (Lipinski definition) is 22. The molecule has 4 aliphatic heterocycles. The van der Waals surface area contributed by atoms with Gasteiger partial charge in [0.15, 0.2) is 25.2 Å². The maximum absolute atomic E-state index is 13.8. The zero-order valence-electron chi connectivity index (χ0n) is 41.9. The Morgan fingerprint density at radius 2 is 0.986 bits per heavy atom. The smallest absolute Gasteiger partial charge is 0.251 e. The van der Waals surface area contributed by atoms with E-state index in [1.165, 1.54) is 31.4 Å². The van der Waals surface area contributed by atoms with E-state index in [1.54, 1.807) is 12.1 Å². The van der Waals surface area contributed by atoms with E-state index in [-0.39, 0.29) is 5.56 Å². The van der Waals surface area contributed by atoms with E-state index in [0.717, 1.165) is 46.5 Å². The number of nitrogens with one attached hydrogen (secondary N) is 4. The van der Waals surface area contributed by atoms with E-state index in [9.17, 15) is 70.2 Å². The first-order chi connectivity index (χ1) is 35.4. The van der Waals surface area contributed by atoms with Crippen molar-refractivity contribution in [3.05, 3.63) is 42.0 Å². The lowest BCUT2D eigenvalue weighted by Crippen LogP contribution is -2.71. The number of benzene rings is 1. The molecule has 4 amide bonds. The molecule has 4 aliphatic rings. The van der Waals surface area contributed by atoms with Crippen molar-refractivity contribution in [1.29, 1.82) is 0 Å². The largest absolute Gasteiger partial charge is 0.494 e. The summed E-state index contributed by atoms with van der Waals surface area (Å²) in [6.45, 7) is 2.23. The minimum Gasteiger partial charge on any atom is -0.494 e. The number of amides is 4. The molecule has 5 rings (SSSR count). The van der Waals surface area contributed by atoms with Crippen LogP contribution in [0.15, 0.2) is 36.4 Å². The lowest BCUT2D eigenvalue weighted by Gasteiger charge is -2.51. The van der Waals surface area contributed by atoms with Gasteiger partial charge in [0, 0.05) is 26.3 Å². The molecular formula is C48H76N4O22. The molecule has 1 aromatic rings. The zero-order chi connectivity index (χ0) is 54.2. The molecule has 1 aromatic carbocycles. The Bertz CT molecular complexity index is 1960. The van der Waals surface area contributed by atoms with Crippen molar-refractivity contribution in [2.45, 2.75) is 195 Å². The molecule has 0 aliphatic carbocycles. The van der Waals surface area contributed by atoms with Crippen molar-refractivity contribution in [2.24, 2.45) is 0 Å². The number of carbonyl (C=O) groups excluding carboxylic acids is 4. The molecule has 0 aromatic heterocycles. The summed E-state index contributed by atoms with van der Waals surface area (Å²) in [5, 5.41) is 119. The summed E-state index contributed by atoms with van der Waals surface area (Å²) in [5.41, 5.74) is 0.0817. The average molecular weight is 1060 g/mol. The van der Waals surface area contributed by atoms with Crippen LogP contribution in [0.1, 0.15) is 83.0 Å². The summed E-state index contributed by atoms with van der Waals surface area (Å²) in [4.78, 5) is 50.9. The molecule has 14 N–H and O–H groups in total.